The van der Waals surface area contributed by atoms with Crippen LogP contribution in [0.15, 0.2) is 18.2 Å². The van der Waals surface area contributed by atoms with E-state index in [9.17, 15) is 10.1 Å². The van der Waals surface area contributed by atoms with Crippen molar-refractivity contribution < 1.29 is 19.9 Å². The fourth-order valence-electron chi connectivity index (χ4n) is 1.73. The first-order valence-corrected chi connectivity index (χ1v) is 6.46. The largest absolute Gasteiger partial charge is 0.395 e. The molecule has 2 N–H and O–H groups in total. The third-order valence-corrected chi connectivity index (χ3v) is 2.82. The van der Waals surface area contributed by atoms with Gasteiger partial charge in [-0.2, -0.15) is 0 Å². The van der Waals surface area contributed by atoms with Crippen LogP contribution < -0.4 is 4.90 Å². The van der Waals surface area contributed by atoms with E-state index in [1.165, 1.54) is 6.07 Å². The van der Waals surface area contributed by atoms with Crippen LogP contribution in [-0.4, -0.2) is 54.7 Å². The lowest BCUT2D eigenvalue weighted by Gasteiger charge is -2.23. The van der Waals surface area contributed by atoms with Gasteiger partial charge >= 0.3 is 0 Å². The lowest BCUT2D eigenvalue weighted by atomic mass is 10.2. The lowest BCUT2D eigenvalue weighted by molar-refractivity contribution is -0.384. The average Bonchev–Trinajstić information content (AvgIpc) is 2.42. The van der Waals surface area contributed by atoms with E-state index in [-0.39, 0.29) is 37.1 Å². The van der Waals surface area contributed by atoms with Gasteiger partial charge in [-0.15, -0.1) is 0 Å². The summed E-state index contributed by atoms with van der Waals surface area (Å²) in [6, 6.07) is 4.38. The second kappa shape index (κ2) is 8.70. The predicted octanol–water partition coefficient (Wildman–Crippen LogP) is 1.06. The van der Waals surface area contributed by atoms with Gasteiger partial charge in [0.15, 0.2) is 0 Å². The Labute approximate surface area is 121 Å². The van der Waals surface area contributed by atoms with Crippen molar-refractivity contribution in [3.63, 3.8) is 0 Å². The number of anilines is 1. The molecular formula is C12H17ClN2O5. The van der Waals surface area contributed by atoms with Crippen molar-refractivity contribution in [2.45, 2.75) is 0 Å². The van der Waals surface area contributed by atoms with Gasteiger partial charge in [-0.3, -0.25) is 10.1 Å². The highest BCUT2D eigenvalue weighted by Crippen LogP contribution is 2.30. The quantitative estimate of drug-likeness (QED) is 0.402. The van der Waals surface area contributed by atoms with Gasteiger partial charge in [-0.05, 0) is 12.1 Å². The molecule has 0 saturated carbocycles. The summed E-state index contributed by atoms with van der Waals surface area (Å²) in [5, 5.41) is 29.0. The molecule has 0 saturated heterocycles. The van der Waals surface area contributed by atoms with Crippen molar-refractivity contribution in [2.24, 2.45) is 0 Å². The maximum absolute atomic E-state index is 11.1. The van der Waals surface area contributed by atoms with Crippen LogP contribution in [0.25, 0.3) is 0 Å². The Balaban J connectivity index is 2.87. The van der Waals surface area contributed by atoms with E-state index in [0.717, 1.165) is 0 Å². The van der Waals surface area contributed by atoms with Gasteiger partial charge in [0.1, 0.15) is 5.69 Å². The Morgan fingerprint density at radius 2 is 2.00 bits per heavy atom. The van der Waals surface area contributed by atoms with Crippen molar-refractivity contribution in [1.29, 1.82) is 0 Å². The summed E-state index contributed by atoms with van der Waals surface area (Å²) in [4.78, 5) is 12.2. The summed E-state index contributed by atoms with van der Waals surface area (Å²) in [5.74, 6) is 0. The van der Waals surface area contributed by atoms with E-state index >= 15 is 0 Å². The molecule has 20 heavy (non-hydrogen) atoms. The second-order valence-electron chi connectivity index (χ2n) is 3.94. The number of nitro benzene ring substituents is 1. The zero-order chi connectivity index (χ0) is 15.0. The van der Waals surface area contributed by atoms with Gasteiger partial charge < -0.3 is 19.8 Å². The number of rotatable bonds is 9. The molecule has 7 nitrogen and oxygen atoms in total. The van der Waals surface area contributed by atoms with E-state index in [1.807, 2.05) is 0 Å². The molecule has 0 atom stereocenters. The molecule has 0 aliphatic carbocycles. The van der Waals surface area contributed by atoms with E-state index in [2.05, 4.69) is 0 Å². The zero-order valence-corrected chi connectivity index (χ0v) is 11.6. The summed E-state index contributed by atoms with van der Waals surface area (Å²) in [7, 11) is 0. The molecule has 0 aliphatic heterocycles. The Morgan fingerprint density at radius 1 is 1.25 bits per heavy atom. The van der Waals surface area contributed by atoms with Crippen LogP contribution in [0.4, 0.5) is 11.4 Å². The van der Waals surface area contributed by atoms with Gasteiger partial charge in [-0.1, -0.05) is 11.6 Å². The van der Waals surface area contributed by atoms with E-state index < -0.39 is 4.92 Å². The number of hydrogen-bond donors (Lipinski definition) is 2. The summed E-state index contributed by atoms with van der Waals surface area (Å²) in [5.41, 5.74) is 0.258. The molecule has 0 bridgehead atoms. The maximum Gasteiger partial charge on any atom is 0.294 e. The monoisotopic (exact) mass is 304 g/mol. The molecular weight excluding hydrogens is 288 g/mol. The van der Waals surface area contributed by atoms with Gasteiger partial charge in [0.2, 0.25) is 0 Å². The normalized spacial score (nSPS) is 10.6. The molecule has 1 aromatic rings. The van der Waals surface area contributed by atoms with Crippen LogP contribution in [0.2, 0.25) is 5.02 Å². The van der Waals surface area contributed by atoms with E-state index in [4.69, 9.17) is 26.6 Å². The first-order chi connectivity index (χ1) is 9.60. The van der Waals surface area contributed by atoms with Crippen molar-refractivity contribution in [3.8, 4) is 0 Å². The number of benzene rings is 1. The standard InChI is InChI=1S/C12H17ClN2O5/c13-10-1-2-11(12(9-10)15(18)19)14(3-5-16)4-7-20-8-6-17/h1-2,9,16-17H,3-8H2. The summed E-state index contributed by atoms with van der Waals surface area (Å²) < 4.78 is 5.14. The molecule has 0 aliphatic rings. The van der Waals surface area contributed by atoms with Crippen LogP contribution in [0.5, 0.6) is 0 Å². The highest BCUT2D eigenvalue weighted by atomic mass is 35.5. The lowest BCUT2D eigenvalue weighted by Crippen LogP contribution is -2.31. The summed E-state index contributed by atoms with van der Waals surface area (Å²) >= 11 is 5.76. The molecule has 0 heterocycles. The van der Waals surface area contributed by atoms with Crippen molar-refractivity contribution >= 4 is 23.0 Å². The maximum atomic E-state index is 11.1. The Bertz CT molecular complexity index is 444. The molecule has 112 valence electrons. The molecule has 1 aromatic carbocycles. The smallest absolute Gasteiger partial charge is 0.294 e. The highest BCUT2D eigenvalue weighted by Gasteiger charge is 2.19. The van der Waals surface area contributed by atoms with E-state index in [0.29, 0.717) is 18.8 Å². The van der Waals surface area contributed by atoms with E-state index in [1.54, 1.807) is 17.0 Å². The SMILES string of the molecule is O=[N+]([O-])c1cc(Cl)ccc1N(CCO)CCOCCO. The Hall–Kier alpha value is -1.41. The van der Waals surface area contributed by atoms with Crippen molar-refractivity contribution in [3.05, 3.63) is 33.3 Å². The Kier molecular flexibility index (Phi) is 7.24. The molecule has 8 heteroatoms. The number of ether oxygens (including phenoxy) is 1. The third-order valence-electron chi connectivity index (χ3n) is 2.59. The molecule has 0 fully saturated rings. The van der Waals surface area contributed by atoms with Crippen LogP contribution >= 0.6 is 11.6 Å². The second-order valence-corrected chi connectivity index (χ2v) is 4.37. The zero-order valence-electron chi connectivity index (χ0n) is 10.9. The Morgan fingerprint density at radius 3 is 2.60 bits per heavy atom. The molecule has 0 radical (unpaired) electrons. The van der Waals surface area contributed by atoms with Gasteiger partial charge in [-0.25, -0.2) is 0 Å². The first kappa shape index (κ1) is 16.6. The molecule has 0 unspecified atom stereocenters. The van der Waals surface area contributed by atoms with Gasteiger partial charge in [0, 0.05) is 24.2 Å². The summed E-state index contributed by atoms with van der Waals surface area (Å²) in [6.07, 6.45) is 0. The number of halogens is 1. The molecule has 0 spiro atoms. The van der Waals surface area contributed by atoms with Gasteiger partial charge in [0.25, 0.3) is 5.69 Å². The van der Waals surface area contributed by atoms with Crippen LogP contribution in [0, 0.1) is 10.1 Å². The average molecular weight is 305 g/mol. The third kappa shape index (κ3) is 4.93. The van der Waals surface area contributed by atoms with Crippen LogP contribution in [-0.2, 0) is 4.74 Å². The number of hydrogen-bond acceptors (Lipinski definition) is 6. The molecule has 0 aromatic heterocycles. The molecule has 1 rings (SSSR count). The minimum atomic E-state index is -0.514. The fourth-order valence-corrected chi connectivity index (χ4v) is 1.89. The van der Waals surface area contributed by atoms with Gasteiger partial charge in [0.05, 0.1) is 31.4 Å². The number of nitro groups is 1. The number of aliphatic hydroxyl groups excluding tert-OH is 2. The van der Waals surface area contributed by atoms with Crippen molar-refractivity contribution in [2.75, 3.05) is 44.4 Å². The van der Waals surface area contributed by atoms with Crippen LogP contribution in [0.1, 0.15) is 0 Å². The first-order valence-electron chi connectivity index (χ1n) is 6.08. The minimum absolute atomic E-state index is 0.0822. The topological polar surface area (TPSA) is 96.1 Å². The number of nitrogens with zero attached hydrogens (tertiary/aromatic N) is 2. The van der Waals surface area contributed by atoms with Crippen molar-refractivity contribution in [1.82, 2.24) is 0 Å². The predicted molar refractivity (Wildman–Crippen MR) is 75.3 cm³/mol. The highest BCUT2D eigenvalue weighted by molar-refractivity contribution is 6.30. The molecule has 0 amide bonds. The fraction of sp³-hybridized carbons (Fsp3) is 0.500. The minimum Gasteiger partial charge on any atom is -0.395 e. The van der Waals surface area contributed by atoms with Crippen LogP contribution in [0.3, 0.4) is 0 Å². The summed E-state index contributed by atoms with van der Waals surface area (Å²) in [6.45, 7) is 0.880. The number of aliphatic hydroxyl groups is 2.